The summed E-state index contributed by atoms with van der Waals surface area (Å²) in [5.41, 5.74) is 4.66. The Morgan fingerprint density at radius 2 is 1.87 bits per heavy atom. The third kappa shape index (κ3) is 4.74. The minimum Gasteiger partial charge on any atom is -0.346 e. The van der Waals surface area contributed by atoms with E-state index in [0.29, 0.717) is 13.1 Å². The average Bonchev–Trinajstić information content (AvgIpc) is 3.47. The lowest BCUT2D eigenvalue weighted by molar-refractivity contribution is 0.412. The zero-order valence-electron chi connectivity index (χ0n) is 17.8. The van der Waals surface area contributed by atoms with Gasteiger partial charge in [0.25, 0.3) is 0 Å². The maximum Gasteiger partial charge on any atom is 0.214 e. The van der Waals surface area contributed by atoms with Crippen molar-refractivity contribution < 1.29 is 8.42 Å². The van der Waals surface area contributed by atoms with Crippen molar-refractivity contribution in [2.45, 2.75) is 51.8 Å². The quantitative estimate of drug-likeness (QED) is 0.513. The largest absolute Gasteiger partial charge is 0.346 e. The molecule has 0 atom stereocenters. The fourth-order valence-electron chi connectivity index (χ4n) is 3.94. The molecule has 3 aromatic rings. The fourth-order valence-corrected chi connectivity index (χ4v) is 5.55. The second kappa shape index (κ2) is 8.03. The van der Waals surface area contributed by atoms with Crippen LogP contribution in [0.15, 0.2) is 48.7 Å². The molecule has 1 aliphatic rings. The Kier molecular flexibility index (Phi) is 5.73. The van der Waals surface area contributed by atoms with Crippen molar-refractivity contribution in [2.75, 3.05) is 6.54 Å². The standard InChI is InChI=1S/C24H29ClN2O2S/c1-24(2,3)15-18-16-27(13-12-26-30(28,29)19-9-10-19)23-11-8-17(14-21(18)23)20-6-4-5-7-22(20)25/h4-8,11,14,16,19,26H,9-10,12-13,15H2,1-3H3. The fraction of sp³-hybridized carbons (Fsp3) is 0.417. The molecule has 4 rings (SSSR count). The van der Waals surface area contributed by atoms with Crippen molar-refractivity contribution >= 4 is 32.5 Å². The highest BCUT2D eigenvalue weighted by atomic mass is 35.5. The Morgan fingerprint density at radius 3 is 2.53 bits per heavy atom. The maximum absolute atomic E-state index is 12.1. The van der Waals surface area contributed by atoms with Gasteiger partial charge in [0.1, 0.15) is 0 Å². The first-order valence-electron chi connectivity index (χ1n) is 10.5. The molecule has 6 heteroatoms. The molecule has 160 valence electrons. The molecular formula is C24H29ClN2O2S. The van der Waals surface area contributed by atoms with Gasteiger partial charge in [-0.05, 0) is 54.0 Å². The number of hydrogen-bond donors (Lipinski definition) is 1. The van der Waals surface area contributed by atoms with Crippen molar-refractivity contribution in [3.8, 4) is 11.1 Å². The van der Waals surface area contributed by atoms with Gasteiger partial charge < -0.3 is 4.57 Å². The first-order chi connectivity index (χ1) is 14.1. The summed E-state index contributed by atoms with van der Waals surface area (Å²) in [6.45, 7) is 7.72. The van der Waals surface area contributed by atoms with Crippen LogP contribution in [0.25, 0.3) is 22.0 Å². The van der Waals surface area contributed by atoms with Crippen molar-refractivity contribution in [3.63, 3.8) is 0 Å². The minimum atomic E-state index is -3.16. The number of sulfonamides is 1. The highest BCUT2D eigenvalue weighted by Gasteiger charge is 2.35. The van der Waals surface area contributed by atoms with Crippen LogP contribution in [0.5, 0.6) is 0 Å². The number of fused-ring (bicyclic) bond motifs is 1. The van der Waals surface area contributed by atoms with Gasteiger partial charge in [-0.3, -0.25) is 0 Å². The van der Waals surface area contributed by atoms with E-state index in [9.17, 15) is 8.42 Å². The van der Waals surface area contributed by atoms with Gasteiger partial charge in [0.05, 0.1) is 5.25 Å². The van der Waals surface area contributed by atoms with Gasteiger partial charge in [-0.15, -0.1) is 0 Å². The molecule has 1 saturated carbocycles. The number of nitrogens with zero attached hydrogens (tertiary/aromatic N) is 1. The van der Waals surface area contributed by atoms with Gasteiger partial charge in [0, 0.05) is 40.8 Å². The molecule has 2 aromatic carbocycles. The van der Waals surface area contributed by atoms with Gasteiger partial charge in [-0.1, -0.05) is 56.6 Å². The number of benzene rings is 2. The van der Waals surface area contributed by atoms with Gasteiger partial charge in [0.2, 0.25) is 10.0 Å². The molecule has 0 radical (unpaired) electrons. The summed E-state index contributed by atoms with van der Waals surface area (Å²) in [7, 11) is -3.16. The van der Waals surface area contributed by atoms with Crippen LogP contribution in [-0.2, 0) is 23.0 Å². The van der Waals surface area contributed by atoms with Crippen molar-refractivity contribution in [1.29, 1.82) is 0 Å². The molecule has 0 amide bonds. The Balaban J connectivity index is 1.67. The SMILES string of the molecule is CC(C)(C)Cc1cn(CCNS(=O)(=O)C2CC2)c2ccc(-c3ccccc3Cl)cc12. The average molecular weight is 445 g/mol. The van der Waals surface area contributed by atoms with Gasteiger partial charge in [0.15, 0.2) is 0 Å². The Hall–Kier alpha value is -1.82. The van der Waals surface area contributed by atoms with E-state index in [0.717, 1.165) is 40.9 Å². The highest BCUT2D eigenvalue weighted by Crippen LogP contribution is 2.34. The lowest BCUT2D eigenvalue weighted by Gasteiger charge is -2.17. The van der Waals surface area contributed by atoms with E-state index in [-0.39, 0.29) is 10.7 Å². The van der Waals surface area contributed by atoms with E-state index in [1.807, 2.05) is 24.3 Å². The topological polar surface area (TPSA) is 51.1 Å². The van der Waals surface area contributed by atoms with Crippen LogP contribution in [-0.4, -0.2) is 24.8 Å². The molecule has 1 aliphatic carbocycles. The Labute approximate surface area is 184 Å². The zero-order chi connectivity index (χ0) is 21.5. The summed E-state index contributed by atoms with van der Waals surface area (Å²) < 4.78 is 29.2. The predicted molar refractivity (Wildman–Crippen MR) is 125 cm³/mol. The Bertz CT molecular complexity index is 1170. The molecule has 0 bridgehead atoms. The van der Waals surface area contributed by atoms with E-state index in [1.165, 1.54) is 10.9 Å². The molecular weight excluding hydrogens is 416 g/mol. The molecule has 0 spiro atoms. The number of aromatic nitrogens is 1. The van der Waals surface area contributed by atoms with E-state index in [2.05, 4.69) is 54.5 Å². The third-order valence-electron chi connectivity index (χ3n) is 5.49. The van der Waals surface area contributed by atoms with Gasteiger partial charge in [-0.2, -0.15) is 0 Å². The van der Waals surface area contributed by atoms with E-state index in [1.54, 1.807) is 0 Å². The second-order valence-electron chi connectivity index (χ2n) is 9.44. The molecule has 30 heavy (non-hydrogen) atoms. The molecule has 1 fully saturated rings. The first-order valence-corrected chi connectivity index (χ1v) is 12.4. The van der Waals surface area contributed by atoms with Gasteiger partial charge in [-0.25, -0.2) is 13.1 Å². The molecule has 0 aliphatic heterocycles. The lowest BCUT2D eigenvalue weighted by Crippen LogP contribution is -2.30. The molecule has 4 nitrogen and oxygen atoms in total. The van der Waals surface area contributed by atoms with Crippen LogP contribution < -0.4 is 4.72 Å². The molecule has 0 saturated heterocycles. The summed E-state index contributed by atoms with van der Waals surface area (Å²) >= 11 is 6.43. The minimum absolute atomic E-state index is 0.146. The monoisotopic (exact) mass is 444 g/mol. The Morgan fingerprint density at radius 1 is 1.13 bits per heavy atom. The lowest BCUT2D eigenvalue weighted by atomic mass is 9.88. The van der Waals surface area contributed by atoms with E-state index < -0.39 is 10.0 Å². The van der Waals surface area contributed by atoms with Crippen LogP contribution in [0.3, 0.4) is 0 Å². The molecule has 1 N–H and O–H groups in total. The summed E-state index contributed by atoms with van der Waals surface area (Å²) in [4.78, 5) is 0. The zero-order valence-corrected chi connectivity index (χ0v) is 19.4. The molecule has 1 heterocycles. The number of nitrogens with one attached hydrogen (secondary N) is 1. The van der Waals surface area contributed by atoms with Crippen LogP contribution in [0.2, 0.25) is 5.02 Å². The number of rotatable bonds is 7. The predicted octanol–water partition coefficient (Wildman–Crippen LogP) is 5.63. The van der Waals surface area contributed by atoms with Crippen molar-refractivity contribution in [1.82, 2.24) is 9.29 Å². The van der Waals surface area contributed by atoms with Crippen molar-refractivity contribution in [2.24, 2.45) is 5.41 Å². The normalized spacial score (nSPS) is 15.1. The van der Waals surface area contributed by atoms with E-state index >= 15 is 0 Å². The number of hydrogen-bond acceptors (Lipinski definition) is 2. The molecule has 1 aromatic heterocycles. The van der Waals surface area contributed by atoms with Crippen molar-refractivity contribution in [3.05, 3.63) is 59.2 Å². The molecule has 0 unspecified atom stereocenters. The second-order valence-corrected chi connectivity index (χ2v) is 11.9. The van der Waals surface area contributed by atoms with Crippen LogP contribution in [0.1, 0.15) is 39.2 Å². The summed E-state index contributed by atoms with van der Waals surface area (Å²) in [5.74, 6) is 0. The van der Waals surface area contributed by atoms with Crippen LogP contribution in [0, 0.1) is 5.41 Å². The number of halogens is 1. The van der Waals surface area contributed by atoms with E-state index in [4.69, 9.17) is 11.6 Å². The van der Waals surface area contributed by atoms with Crippen LogP contribution in [0.4, 0.5) is 0 Å². The smallest absolute Gasteiger partial charge is 0.214 e. The van der Waals surface area contributed by atoms with Crippen LogP contribution >= 0.6 is 11.6 Å². The van der Waals surface area contributed by atoms with Gasteiger partial charge >= 0.3 is 0 Å². The maximum atomic E-state index is 12.1. The summed E-state index contributed by atoms with van der Waals surface area (Å²) in [5, 5.41) is 1.75. The summed E-state index contributed by atoms with van der Waals surface area (Å²) in [6.07, 6.45) is 4.68. The summed E-state index contributed by atoms with van der Waals surface area (Å²) in [6, 6.07) is 14.3. The first kappa shape index (κ1) is 21.4. The third-order valence-corrected chi connectivity index (χ3v) is 7.77. The highest BCUT2D eigenvalue weighted by molar-refractivity contribution is 7.90.